The number of methoxy groups -OCH3 is 1. The number of fused-ring (bicyclic) bond motifs is 1. The molecule has 0 aliphatic carbocycles. The molecule has 2 fully saturated rings. The van der Waals surface area contributed by atoms with Crippen molar-refractivity contribution >= 4 is 11.0 Å². The standard InChI is InChI=1S/C33H40O14/c1-13(2)6-11-18-19(34)12-20(35)21-24(38)30(28(45-29(18)21)16-7-9-17(42-5)10-8-16)46-33-31(26(40)23(37)15(4)44-33)47-32-27(41)25(39)22(36)14(3)43-32/h6-10,12,14-15,22-23,25-27,31-37,39-41H,11H2,1-5H3/t14-,15-,22-,23-,25+,26+,27+,31+,32-,33-/m1/s1. The van der Waals surface area contributed by atoms with Crippen LogP contribution in [0.2, 0.25) is 0 Å². The van der Waals surface area contributed by atoms with Crippen LogP contribution in [0.5, 0.6) is 23.0 Å². The molecule has 0 unspecified atom stereocenters. The van der Waals surface area contributed by atoms with Crippen molar-refractivity contribution in [3.8, 4) is 34.3 Å². The number of rotatable bonds is 8. The van der Waals surface area contributed by atoms with Crippen molar-refractivity contribution < 1.29 is 63.8 Å². The molecule has 10 atom stereocenters. The number of aromatic hydroxyl groups is 2. The number of phenols is 2. The molecule has 256 valence electrons. The van der Waals surface area contributed by atoms with Gasteiger partial charge in [0.15, 0.2) is 18.2 Å². The Hall–Kier alpha value is -3.73. The molecule has 0 bridgehead atoms. The third-order valence-corrected chi connectivity index (χ3v) is 8.37. The van der Waals surface area contributed by atoms with Gasteiger partial charge in [0.05, 0.1) is 19.3 Å². The van der Waals surface area contributed by atoms with E-state index in [1.807, 2.05) is 19.9 Å². The number of hydrogen-bond donors (Lipinski definition) is 7. The van der Waals surface area contributed by atoms with Crippen LogP contribution in [-0.2, 0) is 20.6 Å². The van der Waals surface area contributed by atoms with Gasteiger partial charge in [-0.25, -0.2) is 0 Å². The van der Waals surface area contributed by atoms with Crippen molar-refractivity contribution in [2.24, 2.45) is 0 Å². The van der Waals surface area contributed by atoms with Gasteiger partial charge in [0, 0.05) is 17.2 Å². The zero-order valence-electron chi connectivity index (χ0n) is 26.4. The monoisotopic (exact) mass is 660 g/mol. The third kappa shape index (κ3) is 6.68. The molecule has 14 nitrogen and oxygen atoms in total. The van der Waals surface area contributed by atoms with Gasteiger partial charge >= 0.3 is 0 Å². The predicted molar refractivity (Wildman–Crippen MR) is 165 cm³/mol. The second-order valence-corrected chi connectivity index (χ2v) is 12.0. The van der Waals surface area contributed by atoms with E-state index in [9.17, 15) is 40.5 Å². The van der Waals surface area contributed by atoms with E-state index in [0.29, 0.717) is 11.3 Å². The van der Waals surface area contributed by atoms with E-state index in [4.69, 9.17) is 28.1 Å². The fourth-order valence-electron chi connectivity index (χ4n) is 5.55. The normalized spacial score (nSPS) is 31.0. The maximum Gasteiger partial charge on any atom is 0.239 e. The molecule has 2 aliphatic heterocycles. The summed E-state index contributed by atoms with van der Waals surface area (Å²) in [7, 11) is 1.48. The molecule has 0 amide bonds. The minimum Gasteiger partial charge on any atom is -0.507 e. The minimum atomic E-state index is -1.77. The zero-order valence-corrected chi connectivity index (χ0v) is 26.4. The Balaban J connectivity index is 1.65. The lowest BCUT2D eigenvalue weighted by Crippen LogP contribution is -2.63. The Labute approximate surface area is 269 Å². The first-order valence-electron chi connectivity index (χ1n) is 15.1. The van der Waals surface area contributed by atoms with Gasteiger partial charge in [0.25, 0.3) is 0 Å². The molecule has 5 rings (SSSR count). The van der Waals surface area contributed by atoms with Gasteiger partial charge in [-0.2, -0.15) is 0 Å². The summed E-state index contributed by atoms with van der Waals surface area (Å²) in [5, 5.41) is 74.0. The summed E-state index contributed by atoms with van der Waals surface area (Å²) < 4.78 is 34.9. The van der Waals surface area contributed by atoms with Gasteiger partial charge in [0.1, 0.15) is 58.7 Å². The molecule has 3 aromatic rings. The number of aliphatic hydroxyl groups is 5. The molecule has 0 saturated carbocycles. The van der Waals surface area contributed by atoms with E-state index in [0.717, 1.165) is 11.6 Å². The molecule has 2 saturated heterocycles. The molecule has 2 aromatic carbocycles. The van der Waals surface area contributed by atoms with Gasteiger partial charge in [-0.1, -0.05) is 11.6 Å². The fraction of sp³-hybridized carbons (Fsp3) is 0.485. The Bertz CT molecular complexity index is 1660. The first kappa shape index (κ1) is 34.6. The van der Waals surface area contributed by atoms with Gasteiger partial charge in [-0.15, -0.1) is 0 Å². The minimum absolute atomic E-state index is 0.0929. The summed E-state index contributed by atoms with van der Waals surface area (Å²) in [6, 6.07) is 7.43. The second kappa shape index (κ2) is 13.8. The topological polar surface area (TPSA) is 218 Å². The molecule has 0 radical (unpaired) electrons. The van der Waals surface area contributed by atoms with Crippen LogP contribution in [0.3, 0.4) is 0 Å². The Morgan fingerprint density at radius 3 is 2.09 bits per heavy atom. The Morgan fingerprint density at radius 2 is 1.47 bits per heavy atom. The number of aliphatic hydroxyl groups excluding tert-OH is 5. The highest BCUT2D eigenvalue weighted by Crippen LogP contribution is 2.41. The van der Waals surface area contributed by atoms with Crippen LogP contribution in [0.4, 0.5) is 0 Å². The smallest absolute Gasteiger partial charge is 0.239 e. The van der Waals surface area contributed by atoms with Crippen molar-refractivity contribution in [1.29, 1.82) is 0 Å². The molecule has 47 heavy (non-hydrogen) atoms. The van der Waals surface area contributed by atoms with Gasteiger partial charge < -0.3 is 63.8 Å². The highest BCUT2D eigenvalue weighted by molar-refractivity contribution is 5.91. The first-order valence-corrected chi connectivity index (χ1v) is 15.1. The van der Waals surface area contributed by atoms with Crippen LogP contribution in [0.15, 0.2) is 51.2 Å². The summed E-state index contributed by atoms with van der Waals surface area (Å²) in [5.41, 5.74) is 0.546. The van der Waals surface area contributed by atoms with E-state index in [1.165, 1.54) is 21.0 Å². The molecule has 14 heteroatoms. The second-order valence-electron chi connectivity index (χ2n) is 12.0. The molecular formula is C33H40O14. The largest absolute Gasteiger partial charge is 0.507 e. The molecule has 3 heterocycles. The van der Waals surface area contributed by atoms with Crippen molar-refractivity contribution in [3.63, 3.8) is 0 Å². The maximum absolute atomic E-state index is 14.2. The van der Waals surface area contributed by atoms with Crippen LogP contribution in [0.25, 0.3) is 22.3 Å². The van der Waals surface area contributed by atoms with Crippen LogP contribution in [-0.4, -0.2) is 104 Å². The molecule has 1 aromatic heterocycles. The average molecular weight is 661 g/mol. The lowest BCUT2D eigenvalue weighted by atomic mass is 9.98. The lowest BCUT2D eigenvalue weighted by Gasteiger charge is -2.45. The predicted octanol–water partition coefficient (Wildman–Crippen LogP) is 1.45. The summed E-state index contributed by atoms with van der Waals surface area (Å²) in [6.45, 7) is 6.61. The SMILES string of the molecule is COc1ccc(-c2oc3c(CC=C(C)C)c(O)cc(O)c3c(=O)c2O[C@H]2O[C@H](C)[C@@H](O)[C@H](O)[C@@H]2O[C@H]2O[C@H](C)[C@@H](O)[C@H](O)[C@@H]2O)cc1. The van der Waals surface area contributed by atoms with Crippen LogP contribution < -0.4 is 14.9 Å². The quantitative estimate of drug-likeness (QED) is 0.170. The van der Waals surface area contributed by atoms with Crippen molar-refractivity contribution in [2.45, 2.75) is 95.5 Å². The number of phenolic OH excluding ortho intramolecular Hbond substituents is 2. The maximum atomic E-state index is 14.2. The number of ether oxygens (including phenoxy) is 5. The summed E-state index contributed by atoms with van der Waals surface area (Å²) >= 11 is 0. The van der Waals surface area contributed by atoms with Gasteiger partial charge in [0.2, 0.25) is 17.5 Å². The zero-order chi connectivity index (χ0) is 34.3. The Kier molecular flexibility index (Phi) is 10.1. The van der Waals surface area contributed by atoms with E-state index >= 15 is 0 Å². The van der Waals surface area contributed by atoms with E-state index in [1.54, 1.807) is 24.3 Å². The fourth-order valence-corrected chi connectivity index (χ4v) is 5.55. The highest BCUT2D eigenvalue weighted by atomic mass is 16.8. The molecular weight excluding hydrogens is 620 g/mol. The number of benzene rings is 2. The number of allylic oxidation sites excluding steroid dienone is 2. The molecule has 2 aliphatic rings. The Morgan fingerprint density at radius 1 is 0.851 bits per heavy atom. The first-order chi connectivity index (χ1) is 22.2. The highest BCUT2D eigenvalue weighted by Gasteiger charge is 2.50. The van der Waals surface area contributed by atoms with Crippen LogP contribution in [0, 0.1) is 0 Å². The average Bonchev–Trinajstić information content (AvgIpc) is 3.03. The summed E-state index contributed by atoms with van der Waals surface area (Å²) in [5.74, 6) is -0.987. The molecule has 0 spiro atoms. The third-order valence-electron chi connectivity index (χ3n) is 8.37. The van der Waals surface area contributed by atoms with E-state index in [-0.39, 0.29) is 34.5 Å². The van der Waals surface area contributed by atoms with E-state index in [2.05, 4.69) is 0 Å². The van der Waals surface area contributed by atoms with Crippen molar-refractivity contribution in [2.75, 3.05) is 7.11 Å². The summed E-state index contributed by atoms with van der Waals surface area (Å²) in [4.78, 5) is 14.2. The van der Waals surface area contributed by atoms with Crippen LogP contribution >= 0.6 is 0 Å². The lowest BCUT2D eigenvalue weighted by molar-refractivity contribution is -0.352. The van der Waals surface area contributed by atoms with Crippen LogP contribution in [0.1, 0.15) is 33.3 Å². The van der Waals surface area contributed by atoms with E-state index < -0.39 is 78.3 Å². The molecule has 7 N–H and O–H groups in total. The van der Waals surface area contributed by atoms with Gasteiger partial charge in [-0.05, 0) is 58.4 Å². The van der Waals surface area contributed by atoms with Crippen molar-refractivity contribution in [1.82, 2.24) is 0 Å². The van der Waals surface area contributed by atoms with Crippen molar-refractivity contribution in [3.05, 3.63) is 57.8 Å². The van der Waals surface area contributed by atoms with Gasteiger partial charge in [-0.3, -0.25) is 4.79 Å². The number of hydrogen-bond acceptors (Lipinski definition) is 14. The summed E-state index contributed by atoms with van der Waals surface area (Å²) in [6.07, 6.45) is -13.0.